The van der Waals surface area contributed by atoms with Gasteiger partial charge in [0.05, 0.1) is 0 Å². The fraction of sp³-hybridized carbons (Fsp3) is 0.294. The normalized spacial score (nSPS) is 17.1. The zero-order chi connectivity index (χ0) is 13.9. The van der Waals surface area contributed by atoms with Crippen LogP contribution < -0.4 is 5.32 Å². The molecule has 0 heterocycles. The standard InChI is InChI=1S/C17H18FNO/c18-14-4-1-12(2-5-14)9-10-19-17-8-3-13-11-15(20)6-7-16(13)17/h1-2,4-7,11,17,19-20H,3,8-10H2. The van der Waals surface area contributed by atoms with Gasteiger partial charge in [0.2, 0.25) is 0 Å². The number of nitrogens with one attached hydrogen (secondary N) is 1. The van der Waals surface area contributed by atoms with E-state index < -0.39 is 0 Å². The Kier molecular flexibility index (Phi) is 3.70. The molecular weight excluding hydrogens is 253 g/mol. The number of rotatable bonds is 4. The van der Waals surface area contributed by atoms with Gasteiger partial charge in [-0.15, -0.1) is 0 Å². The third-order valence-electron chi connectivity index (χ3n) is 3.92. The van der Waals surface area contributed by atoms with Crippen LogP contribution in [0.1, 0.15) is 29.2 Å². The first-order valence-corrected chi connectivity index (χ1v) is 7.02. The second-order valence-electron chi connectivity index (χ2n) is 5.30. The number of aryl methyl sites for hydroxylation is 1. The van der Waals surface area contributed by atoms with Crippen molar-refractivity contribution in [3.05, 3.63) is 65.0 Å². The summed E-state index contributed by atoms with van der Waals surface area (Å²) in [7, 11) is 0. The van der Waals surface area contributed by atoms with Crippen LogP contribution in [-0.4, -0.2) is 11.7 Å². The van der Waals surface area contributed by atoms with Crippen molar-refractivity contribution in [3.63, 3.8) is 0 Å². The van der Waals surface area contributed by atoms with Gasteiger partial charge in [0.1, 0.15) is 11.6 Å². The Balaban J connectivity index is 1.57. The van der Waals surface area contributed by atoms with E-state index in [1.165, 1.54) is 23.3 Å². The highest BCUT2D eigenvalue weighted by Crippen LogP contribution is 2.33. The molecule has 0 saturated carbocycles. The van der Waals surface area contributed by atoms with Crippen molar-refractivity contribution in [1.29, 1.82) is 0 Å². The van der Waals surface area contributed by atoms with E-state index in [0.717, 1.165) is 31.4 Å². The van der Waals surface area contributed by atoms with Gasteiger partial charge in [-0.05, 0) is 66.8 Å². The minimum absolute atomic E-state index is 0.189. The van der Waals surface area contributed by atoms with Gasteiger partial charge in [-0.2, -0.15) is 0 Å². The van der Waals surface area contributed by atoms with Crippen molar-refractivity contribution in [2.45, 2.75) is 25.3 Å². The summed E-state index contributed by atoms with van der Waals surface area (Å²) in [5.74, 6) is 0.155. The van der Waals surface area contributed by atoms with Crippen LogP contribution in [0.15, 0.2) is 42.5 Å². The highest BCUT2D eigenvalue weighted by atomic mass is 19.1. The molecule has 2 aromatic carbocycles. The van der Waals surface area contributed by atoms with E-state index >= 15 is 0 Å². The Labute approximate surface area is 118 Å². The molecule has 2 N–H and O–H groups in total. The predicted octanol–water partition coefficient (Wildman–Crippen LogP) is 3.35. The molecule has 0 aliphatic heterocycles. The third kappa shape index (κ3) is 2.83. The molecule has 1 aliphatic carbocycles. The summed E-state index contributed by atoms with van der Waals surface area (Å²) in [5, 5.41) is 13.0. The Bertz CT molecular complexity index is 594. The minimum Gasteiger partial charge on any atom is -0.508 e. The summed E-state index contributed by atoms with van der Waals surface area (Å²) in [6, 6.07) is 12.6. The molecule has 104 valence electrons. The largest absolute Gasteiger partial charge is 0.508 e. The third-order valence-corrected chi connectivity index (χ3v) is 3.92. The predicted molar refractivity (Wildman–Crippen MR) is 77.3 cm³/mol. The number of phenolic OH excluding ortho intramolecular Hbond substituents is 1. The molecule has 1 atom stereocenters. The SMILES string of the molecule is Oc1ccc2c(c1)CCC2NCCc1ccc(F)cc1. The monoisotopic (exact) mass is 271 g/mol. The number of aromatic hydroxyl groups is 1. The van der Waals surface area contributed by atoms with Crippen molar-refractivity contribution in [1.82, 2.24) is 5.32 Å². The van der Waals surface area contributed by atoms with E-state index in [-0.39, 0.29) is 5.82 Å². The van der Waals surface area contributed by atoms with E-state index in [0.29, 0.717) is 11.8 Å². The first-order chi connectivity index (χ1) is 9.72. The Morgan fingerprint density at radius 1 is 1.15 bits per heavy atom. The number of benzene rings is 2. The van der Waals surface area contributed by atoms with E-state index in [2.05, 4.69) is 5.32 Å². The minimum atomic E-state index is -0.189. The summed E-state index contributed by atoms with van der Waals surface area (Å²) < 4.78 is 12.8. The molecule has 0 fully saturated rings. The van der Waals surface area contributed by atoms with E-state index in [1.807, 2.05) is 24.3 Å². The van der Waals surface area contributed by atoms with Gasteiger partial charge in [0, 0.05) is 6.04 Å². The average molecular weight is 271 g/mol. The van der Waals surface area contributed by atoms with Crippen molar-refractivity contribution >= 4 is 0 Å². The van der Waals surface area contributed by atoms with E-state index in [9.17, 15) is 9.50 Å². The molecule has 3 rings (SSSR count). The molecule has 0 spiro atoms. The van der Waals surface area contributed by atoms with Crippen molar-refractivity contribution in [2.24, 2.45) is 0 Å². The zero-order valence-electron chi connectivity index (χ0n) is 11.3. The van der Waals surface area contributed by atoms with Crippen LogP contribution >= 0.6 is 0 Å². The van der Waals surface area contributed by atoms with Crippen LogP contribution in [0.5, 0.6) is 5.75 Å². The van der Waals surface area contributed by atoms with Crippen LogP contribution in [-0.2, 0) is 12.8 Å². The second kappa shape index (κ2) is 5.63. The molecule has 2 aromatic rings. The van der Waals surface area contributed by atoms with Crippen LogP contribution in [0.3, 0.4) is 0 Å². The molecule has 2 nitrogen and oxygen atoms in total. The Morgan fingerprint density at radius 2 is 1.95 bits per heavy atom. The van der Waals surface area contributed by atoms with Gasteiger partial charge in [0.25, 0.3) is 0 Å². The zero-order valence-corrected chi connectivity index (χ0v) is 11.3. The quantitative estimate of drug-likeness (QED) is 0.893. The molecule has 0 saturated heterocycles. The maximum atomic E-state index is 12.8. The lowest BCUT2D eigenvalue weighted by Gasteiger charge is -2.14. The summed E-state index contributed by atoms with van der Waals surface area (Å²) in [6.07, 6.45) is 2.98. The van der Waals surface area contributed by atoms with Crippen LogP contribution in [0.4, 0.5) is 4.39 Å². The molecule has 20 heavy (non-hydrogen) atoms. The number of hydrogen-bond acceptors (Lipinski definition) is 2. The fourth-order valence-electron chi connectivity index (χ4n) is 2.86. The first-order valence-electron chi connectivity index (χ1n) is 7.02. The molecular formula is C17H18FNO. The van der Waals surface area contributed by atoms with Crippen molar-refractivity contribution < 1.29 is 9.50 Å². The van der Waals surface area contributed by atoms with Gasteiger partial charge in [0.15, 0.2) is 0 Å². The molecule has 3 heteroatoms. The summed E-state index contributed by atoms with van der Waals surface area (Å²) >= 11 is 0. The molecule has 1 unspecified atom stereocenters. The summed E-state index contributed by atoms with van der Waals surface area (Å²) in [5.41, 5.74) is 3.68. The number of phenols is 1. The van der Waals surface area contributed by atoms with Crippen LogP contribution in [0.25, 0.3) is 0 Å². The summed E-state index contributed by atoms with van der Waals surface area (Å²) in [6.45, 7) is 0.872. The smallest absolute Gasteiger partial charge is 0.123 e. The van der Waals surface area contributed by atoms with Crippen LogP contribution in [0.2, 0.25) is 0 Å². The second-order valence-corrected chi connectivity index (χ2v) is 5.30. The van der Waals surface area contributed by atoms with Gasteiger partial charge in [-0.3, -0.25) is 0 Å². The maximum absolute atomic E-state index is 12.8. The lowest BCUT2D eigenvalue weighted by molar-refractivity contribution is 0.474. The molecule has 0 aromatic heterocycles. The topological polar surface area (TPSA) is 32.3 Å². The molecule has 1 aliphatic rings. The highest BCUT2D eigenvalue weighted by molar-refractivity contribution is 5.40. The lowest BCUT2D eigenvalue weighted by Crippen LogP contribution is -2.21. The fourth-order valence-corrected chi connectivity index (χ4v) is 2.86. The number of fused-ring (bicyclic) bond motifs is 1. The average Bonchev–Trinajstić information content (AvgIpc) is 2.83. The van der Waals surface area contributed by atoms with Gasteiger partial charge in [-0.1, -0.05) is 18.2 Å². The molecule has 0 radical (unpaired) electrons. The number of halogens is 1. The Hall–Kier alpha value is -1.87. The number of hydrogen-bond donors (Lipinski definition) is 2. The van der Waals surface area contributed by atoms with Gasteiger partial charge < -0.3 is 10.4 Å². The first kappa shape index (κ1) is 13.1. The van der Waals surface area contributed by atoms with E-state index in [4.69, 9.17) is 0 Å². The van der Waals surface area contributed by atoms with Gasteiger partial charge >= 0.3 is 0 Å². The van der Waals surface area contributed by atoms with E-state index in [1.54, 1.807) is 6.07 Å². The Morgan fingerprint density at radius 3 is 2.75 bits per heavy atom. The molecule has 0 bridgehead atoms. The maximum Gasteiger partial charge on any atom is 0.123 e. The summed E-state index contributed by atoms with van der Waals surface area (Å²) in [4.78, 5) is 0. The lowest BCUT2D eigenvalue weighted by atomic mass is 10.1. The van der Waals surface area contributed by atoms with Crippen LogP contribution in [0, 0.1) is 5.82 Å². The van der Waals surface area contributed by atoms with Gasteiger partial charge in [-0.25, -0.2) is 4.39 Å². The highest BCUT2D eigenvalue weighted by Gasteiger charge is 2.21. The molecule has 0 amide bonds. The van der Waals surface area contributed by atoms with Crippen molar-refractivity contribution in [2.75, 3.05) is 6.54 Å². The van der Waals surface area contributed by atoms with Crippen molar-refractivity contribution in [3.8, 4) is 5.75 Å².